The number of ether oxygens (including phenoxy) is 2. The van der Waals surface area contributed by atoms with E-state index >= 15 is 0 Å². The molecule has 0 aromatic carbocycles. The number of morpholine rings is 1. The van der Waals surface area contributed by atoms with Gasteiger partial charge in [0.15, 0.2) is 0 Å². The maximum absolute atomic E-state index is 11.2. The molecule has 1 saturated heterocycles. The van der Waals surface area contributed by atoms with E-state index in [1.807, 2.05) is 20.8 Å². The van der Waals surface area contributed by atoms with E-state index in [1.54, 1.807) is 7.05 Å². The van der Waals surface area contributed by atoms with Crippen molar-refractivity contribution in [1.29, 1.82) is 0 Å². The monoisotopic (exact) mass is 298 g/mol. The molecule has 1 atom stereocenters. The Kier molecular flexibility index (Phi) is 4.48. The van der Waals surface area contributed by atoms with Crippen molar-refractivity contribution < 1.29 is 14.4 Å². The maximum Gasteiger partial charge on any atom is 0.353 e. The Balaban J connectivity index is 2.09. The lowest BCUT2D eigenvalue weighted by Gasteiger charge is -2.36. The Hall–Kier alpha value is -1.67. The highest BCUT2D eigenvalue weighted by atomic mass is 16.6. The van der Waals surface area contributed by atoms with Crippen molar-refractivity contribution in [3.05, 3.63) is 15.8 Å². The first-order valence-electron chi connectivity index (χ1n) is 7.05. The normalized spacial score (nSPS) is 21.2. The second-order valence-corrected chi connectivity index (χ2v) is 5.78. The molecule has 0 spiro atoms. The lowest BCUT2D eigenvalue weighted by Crippen LogP contribution is -2.52. The number of hydrogen-bond acceptors (Lipinski definition) is 6. The Morgan fingerprint density at radius 2 is 2.33 bits per heavy atom. The average molecular weight is 298 g/mol. The van der Waals surface area contributed by atoms with Gasteiger partial charge in [0.25, 0.3) is 5.88 Å². The topological polar surface area (TPSA) is 91.5 Å². The number of aryl methyl sites for hydroxylation is 2. The van der Waals surface area contributed by atoms with Crippen molar-refractivity contribution >= 4 is 5.69 Å². The SMILES string of the molecule is CCc1nn(C)c(OCC2CNCC(C)(C)O2)c1[N+](=O)[O-]. The summed E-state index contributed by atoms with van der Waals surface area (Å²) in [6.07, 6.45) is 0.343. The quantitative estimate of drug-likeness (QED) is 0.645. The first kappa shape index (κ1) is 15.7. The van der Waals surface area contributed by atoms with Gasteiger partial charge in [0.05, 0.1) is 10.5 Å². The zero-order valence-corrected chi connectivity index (χ0v) is 12.9. The standard InChI is InChI=1S/C13H22N4O4/c1-5-10-11(17(18)19)12(16(4)15-10)20-7-9-6-14-8-13(2,3)21-9/h9,14H,5-8H2,1-4H3. The molecule has 21 heavy (non-hydrogen) atoms. The predicted molar refractivity (Wildman–Crippen MR) is 76.6 cm³/mol. The molecular formula is C13H22N4O4. The van der Waals surface area contributed by atoms with Crippen molar-refractivity contribution in [3.8, 4) is 5.88 Å². The minimum atomic E-state index is -0.439. The molecule has 0 amide bonds. The summed E-state index contributed by atoms with van der Waals surface area (Å²) in [6, 6.07) is 0. The molecule has 8 nitrogen and oxygen atoms in total. The molecule has 1 aromatic heterocycles. The van der Waals surface area contributed by atoms with Crippen molar-refractivity contribution in [2.75, 3.05) is 19.7 Å². The highest BCUT2D eigenvalue weighted by molar-refractivity contribution is 5.46. The van der Waals surface area contributed by atoms with Crippen LogP contribution in [0.2, 0.25) is 0 Å². The lowest BCUT2D eigenvalue weighted by molar-refractivity contribution is -0.386. The summed E-state index contributed by atoms with van der Waals surface area (Å²) in [4.78, 5) is 10.8. The first-order chi connectivity index (χ1) is 9.84. The van der Waals surface area contributed by atoms with Crippen LogP contribution in [0.5, 0.6) is 5.88 Å². The van der Waals surface area contributed by atoms with E-state index in [2.05, 4.69) is 10.4 Å². The Labute approximate surface area is 123 Å². The van der Waals surface area contributed by atoms with E-state index in [1.165, 1.54) is 4.68 Å². The van der Waals surface area contributed by atoms with E-state index in [-0.39, 0.29) is 29.9 Å². The molecule has 2 heterocycles. The molecule has 1 aromatic rings. The zero-order chi connectivity index (χ0) is 15.6. The zero-order valence-electron chi connectivity index (χ0n) is 12.9. The van der Waals surface area contributed by atoms with Crippen LogP contribution >= 0.6 is 0 Å². The van der Waals surface area contributed by atoms with Crippen LogP contribution in [0.15, 0.2) is 0 Å². The molecule has 1 unspecified atom stereocenters. The van der Waals surface area contributed by atoms with Crippen LogP contribution in [-0.2, 0) is 18.2 Å². The van der Waals surface area contributed by atoms with Gasteiger partial charge in [-0.3, -0.25) is 10.1 Å². The third kappa shape index (κ3) is 3.51. The number of hydrogen-bond donors (Lipinski definition) is 1. The van der Waals surface area contributed by atoms with Crippen molar-refractivity contribution in [3.63, 3.8) is 0 Å². The largest absolute Gasteiger partial charge is 0.470 e. The van der Waals surface area contributed by atoms with Gasteiger partial charge in [-0.05, 0) is 20.3 Å². The van der Waals surface area contributed by atoms with Crippen LogP contribution in [0.3, 0.4) is 0 Å². The van der Waals surface area contributed by atoms with Crippen LogP contribution < -0.4 is 10.1 Å². The van der Waals surface area contributed by atoms with Crippen molar-refractivity contribution in [1.82, 2.24) is 15.1 Å². The average Bonchev–Trinajstić information content (AvgIpc) is 2.71. The molecule has 1 aliphatic rings. The smallest absolute Gasteiger partial charge is 0.353 e. The van der Waals surface area contributed by atoms with E-state index in [9.17, 15) is 10.1 Å². The summed E-state index contributed by atoms with van der Waals surface area (Å²) in [5.74, 6) is 0.184. The molecule has 0 aliphatic carbocycles. The second kappa shape index (κ2) is 5.98. The van der Waals surface area contributed by atoms with Crippen LogP contribution in [0.25, 0.3) is 0 Å². The summed E-state index contributed by atoms with van der Waals surface area (Å²) < 4.78 is 12.9. The third-order valence-corrected chi connectivity index (χ3v) is 3.37. The number of nitrogens with one attached hydrogen (secondary N) is 1. The number of nitrogens with zero attached hydrogens (tertiary/aromatic N) is 3. The van der Waals surface area contributed by atoms with E-state index in [0.29, 0.717) is 18.7 Å². The highest BCUT2D eigenvalue weighted by Crippen LogP contribution is 2.31. The van der Waals surface area contributed by atoms with Crippen molar-refractivity contribution in [2.45, 2.75) is 38.9 Å². The van der Waals surface area contributed by atoms with Gasteiger partial charge >= 0.3 is 5.69 Å². The molecular weight excluding hydrogens is 276 g/mol. The summed E-state index contributed by atoms with van der Waals surface area (Å²) >= 11 is 0. The molecule has 0 radical (unpaired) electrons. The molecule has 1 aliphatic heterocycles. The molecule has 0 saturated carbocycles. The van der Waals surface area contributed by atoms with Gasteiger partial charge in [-0.1, -0.05) is 6.92 Å². The maximum atomic E-state index is 11.2. The molecule has 1 fully saturated rings. The molecule has 0 bridgehead atoms. The molecule has 8 heteroatoms. The predicted octanol–water partition coefficient (Wildman–Crippen LogP) is 1.04. The molecule has 118 valence electrons. The van der Waals surface area contributed by atoms with Gasteiger partial charge in [0.2, 0.25) is 0 Å². The van der Waals surface area contributed by atoms with Gasteiger partial charge in [-0.25, -0.2) is 4.68 Å². The fourth-order valence-electron chi connectivity index (χ4n) is 2.47. The Morgan fingerprint density at radius 1 is 1.62 bits per heavy atom. The van der Waals surface area contributed by atoms with E-state index in [4.69, 9.17) is 9.47 Å². The van der Waals surface area contributed by atoms with Crippen LogP contribution in [0, 0.1) is 10.1 Å². The summed E-state index contributed by atoms with van der Waals surface area (Å²) in [6.45, 7) is 7.50. The fourth-order valence-corrected chi connectivity index (χ4v) is 2.47. The minimum Gasteiger partial charge on any atom is -0.470 e. The Bertz CT molecular complexity index is 526. The molecule has 2 rings (SSSR count). The van der Waals surface area contributed by atoms with Gasteiger partial charge in [0.1, 0.15) is 18.4 Å². The van der Waals surface area contributed by atoms with Gasteiger partial charge < -0.3 is 14.8 Å². The first-order valence-corrected chi connectivity index (χ1v) is 7.05. The Morgan fingerprint density at radius 3 is 2.90 bits per heavy atom. The summed E-state index contributed by atoms with van der Waals surface area (Å²) in [5, 5.41) is 18.6. The number of nitro groups is 1. The second-order valence-electron chi connectivity index (χ2n) is 5.78. The highest BCUT2D eigenvalue weighted by Gasteiger charge is 2.31. The van der Waals surface area contributed by atoms with Crippen LogP contribution in [0.1, 0.15) is 26.5 Å². The third-order valence-electron chi connectivity index (χ3n) is 3.37. The fraction of sp³-hybridized carbons (Fsp3) is 0.769. The van der Waals surface area contributed by atoms with Crippen LogP contribution in [0.4, 0.5) is 5.69 Å². The summed E-state index contributed by atoms with van der Waals surface area (Å²) in [7, 11) is 1.64. The lowest BCUT2D eigenvalue weighted by atomic mass is 10.1. The summed E-state index contributed by atoms with van der Waals surface area (Å²) in [5.41, 5.74) is 0.114. The van der Waals surface area contributed by atoms with E-state index < -0.39 is 4.92 Å². The van der Waals surface area contributed by atoms with Gasteiger partial charge in [-0.2, -0.15) is 5.10 Å². The van der Waals surface area contributed by atoms with Crippen molar-refractivity contribution in [2.24, 2.45) is 7.05 Å². The van der Waals surface area contributed by atoms with E-state index in [0.717, 1.165) is 6.54 Å². The van der Waals surface area contributed by atoms with Gasteiger partial charge in [-0.15, -0.1) is 0 Å². The number of rotatable bonds is 5. The minimum absolute atomic E-state index is 0.0528. The van der Waals surface area contributed by atoms with Crippen LogP contribution in [-0.4, -0.2) is 46.1 Å². The number of aromatic nitrogens is 2. The van der Waals surface area contributed by atoms with Gasteiger partial charge in [0, 0.05) is 20.1 Å². The molecule has 1 N–H and O–H groups in total.